The number of anilines is 3. The normalized spacial score (nSPS) is 14.7. The van der Waals surface area contributed by atoms with Crippen molar-refractivity contribution in [2.24, 2.45) is 0 Å². The number of unbranched alkanes of at least 4 members (excludes halogenated alkanes) is 1. The van der Waals surface area contributed by atoms with Crippen LogP contribution in [0.1, 0.15) is 67.0 Å². The molecule has 0 saturated carbocycles. The smallest absolute Gasteiger partial charge is 0.0653 e. The van der Waals surface area contributed by atoms with Gasteiger partial charge in [-0.15, -0.1) is 0 Å². The molecule has 0 aromatic heterocycles. The molecule has 0 heterocycles. The Morgan fingerprint density at radius 1 is 0.463 bits per heavy atom. The standard InChI is InChI=1S/C53H45N/c1-4-5-8-22-42-37-53(50-27-15-13-25-48(50)52(2,3)49-26-14-16-28-51(49)53)47-34-33-45(36-46(42)47)54(43-31-29-40(30-32-43)38-18-9-6-10-19-38)44-24-17-23-41(35-44)39-20-11-7-12-21-39/h6-37H,4-5H2,1-3H3/b22-8-. The van der Waals surface area contributed by atoms with Crippen molar-refractivity contribution in [3.63, 3.8) is 0 Å². The fourth-order valence-electron chi connectivity index (χ4n) is 8.97. The zero-order valence-electron chi connectivity index (χ0n) is 31.3. The number of allylic oxidation sites excluding steroid dienone is 4. The number of nitrogens with zero attached hydrogens (tertiary/aromatic N) is 1. The lowest BCUT2D eigenvalue weighted by atomic mass is 9.57. The van der Waals surface area contributed by atoms with Crippen molar-refractivity contribution < 1.29 is 0 Å². The highest BCUT2D eigenvalue weighted by atomic mass is 15.1. The maximum atomic E-state index is 2.57. The summed E-state index contributed by atoms with van der Waals surface area (Å²) in [5, 5.41) is 0. The second-order valence-corrected chi connectivity index (χ2v) is 15.2. The first-order valence-corrected chi connectivity index (χ1v) is 19.3. The maximum absolute atomic E-state index is 2.57. The molecule has 0 atom stereocenters. The third kappa shape index (κ3) is 5.55. The summed E-state index contributed by atoms with van der Waals surface area (Å²) in [6.45, 7) is 7.01. The molecule has 7 aromatic carbocycles. The van der Waals surface area contributed by atoms with Gasteiger partial charge < -0.3 is 4.90 Å². The van der Waals surface area contributed by atoms with E-state index < -0.39 is 5.41 Å². The van der Waals surface area contributed by atoms with Gasteiger partial charge in [0.05, 0.1) is 5.41 Å². The molecule has 0 amide bonds. The third-order valence-electron chi connectivity index (χ3n) is 11.6. The molecule has 0 radical (unpaired) electrons. The summed E-state index contributed by atoms with van der Waals surface area (Å²) in [4.78, 5) is 2.42. The molecule has 7 aromatic rings. The van der Waals surface area contributed by atoms with Crippen LogP contribution in [0.3, 0.4) is 0 Å². The minimum atomic E-state index is -0.391. The molecule has 262 valence electrons. The van der Waals surface area contributed by atoms with Crippen LogP contribution in [0.2, 0.25) is 0 Å². The van der Waals surface area contributed by atoms with E-state index in [4.69, 9.17) is 0 Å². The van der Waals surface area contributed by atoms with Gasteiger partial charge in [-0.2, -0.15) is 0 Å². The van der Waals surface area contributed by atoms with E-state index in [-0.39, 0.29) is 5.41 Å². The molecule has 54 heavy (non-hydrogen) atoms. The van der Waals surface area contributed by atoms with Crippen LogP contribution >= 0.6 is 0 Å². The van der Waals surface area contributed by atoms with Gasteiger partial charge in [0, 0.05) is 22.5 Å². The summed E-state index contributed by atoms with van der Waals surface area (Å²) < 4.78 is 0. The SMILES string of the molecule is CCC/C=C\C1=CC2(c3ccc(N(c4ccc(-c5ccccc5)cc4)c4cccc(-c5ccccc5)c4)cc31)c1ccccc1C(C)(C)c1ccccc12. The zero-order valence-corrected chi connectivity index (χ0v) is 31.3. The van der Waals surface area contributed by atoms with Crippen LogP contribution in [-0.4, -0.2) is 0 Å². The van der Waals surface area contributed by atoms with E-state index in [1.807, 2.05) is 0 Å². The number of rotatable bonds is 8. The van der Waals surface area contributed by atoms with Crippen LogP contribution < -0.4 is 4.90 Å². The number of fused-ring (bicyclic) bond motifs is 6. The molecule has 2 aliphatic carbocycles. The van der Waals surface area contributed by atoms with E-state index in [1.165, 1.54) is 61.2 Å². The molecular weight excluding hydrogens is 651 g/mol. The van der Waals surface area contributed by atoms with Gasteiger partial charge in [-0.05, 0) is 104 Å². The molecule has 1 nitrogen and oxygen atoms in total. The molecule has 1 heteroatoms. The van der Waals surface area contributed by atoms with Crippen LogP contribution in [0.15, 0.2) is 194 Å². The van der Waals surface area contributed by atoms with Gasteiger partial charge in [-0.3, -0.25) is 0 Å². The van der Waals surface area contributed by atoms with Crippen LogP contribution in [0, 0.1) is 0 Å². The summed E-state index contributed by atoms with van der Waals surface area (Å²) in [5.74, 6) is 0. The Hall–Kier alpha value is -6.18. The van der Waals surface area contributed by atoms with Crippen molar-refractivity contribution in [2.45, 2.75) is 44.4 Å². The van der Waals surface area contributed by atoms with Gasteiger partial charge in [0.1, 0.15) is 0 Å². The quantitative estimate of drug-likeness (QED) is 0.153. The molecule has 0 unspecified atom stereocenters. The second kappa shape index (κ2) is 13.7. The summed E-state index contributed by atoms with van der Waals surface area (Å²) in [5.41, 5.74) is 17.2. The van der Waals surface area contributed by atoms with E-state index in [2.05, 4.69) is 220 Å². The second-order valence-electron chi connectivity index (χ2n) is 15.2. The summed E-state index contributed by atoms with van der Waals surface area (Å²) in [7, 11) is 0. The lowest BCUT2D eigenvalue weighted by molar-refractivity contribution is 0.568. The Kier molecular flexibility index (Phi) is 8.51. The monoisotopic (exact) mass is 695 g/mol. The highest BCUT2D eigenvalue weighted by molar-refractivity contribution is 5.91. The first-order chi connectivity index (χ1) is 26.5. The van der Waals surface area contributed by atoms with Gasteiger partial charge >= 0.3 is 0 Å². The molecule has 0 saturated heterocycles. The molecule has 0 aliphatic heterocycles. The fraction of sp³-hybridized carbons (Fsp3) is 0.132. The highest BCUT2D eigenvalue weighted by Crippen LogP contribution is 2.58. The molecule has 1 spiro atoms. The minimum absolute atomic E-state index is 0.111. The van der Waals surface area contributed by atoms with Crippen molar-refractivity contribution in [1.29, 1.82) is 0 Å². The Morgan fingerprint density at radius 2 is 0.981 bits per heavy atom. The average Bonchev–Trinajstić information content (AvgIpc) is 3.55. The van der Waals surface area contributed by atoms with E-state index in [0.717, 1.165) is 29.9 Å². The van der Waals surface area contributed by atoms with Crippen molar-refractivity contribution in [2.75, 3.05) is 4.90 Å². The van der Waals surface area contributed by atoms with Crippen molar-refractivity contribution in [1.82, 2.24) is 0 Å². The van der Waals surface area contributed by atoms with Gasteiger partial charge in [0.2, 0.25) is 0 Å². The molecular formula is C53H45N. The van der Waals surface area contributed by atoms with Crippen LogP contribution in [0.25, 0.3) is 27.8 Å². The lowest BCUT2D eigenvalue weighted by Gasteiger charge is -2.45. The topological polar surface area (TPSA) is 3.24 Å². The van der Waals surface area contributed by atoms with Crippen molar-refractivity contribution in [3.8, 4) is 22.3 Å². The predicted molar refractivity (Wildman–Crippen MR) is 229 cm³/mol. The summed E-state index contributed by atoms with van der Waals surface area (Å²) in [6, 6.07) is 64.8. The largest absolute Gasteiger partial charge is 0.310 e. The van der Waals surface area contributed by atoms with Crippen molar-refractivity contribution in [3.05, 3.63) is 228 Å². The molecule has 2 aliphatic rings. The highest BCUT2D eigenvalue weighted by Gasteiger charge is 2.49. The maximum Gasteiger partial charge on any atom is 0.0653 e. The Balaban J connectivity index is 1.25. The summed E-state index contributed by atoms with van der Waals surface area (Å²) >= 11 is 0. The first kappa shape index (κ1) is 33.6. The number of hydrogen-bond donors (Lipinski definition) is 0. The van der Waals surface area contributed by atoms with Gasteiger partial charge in [-0.1, -0.05) is 185 Å². The van der Waals surface area contributed by atoms with E-state index >= 15 is 0 Å². The number of hydrogen-bond acceptors (Lipinski definition) is 1. The van der Waals surface area contributed by atoms with Crippen LogP contribution in [0.5, 0.6) is 0 Å². The third-order valence-corrected chi connectivity index (χ3v) is 11.6. The average molecular weight is 696 g/mol. The Labute approximate surface area is 320 Å². The fourth-order valence-corrected chi connectivity index (χ4v) is 8.97. The lowest BCUT2D eigenvalue weighted by Crippen LogP contribution is -2.39. The Morgan fingerprint density at radius 3 is 1.61 bits per heavy atom. The minimum Gasteiger partial charge on any atom is -0.310 e. The van der Waals surface area contributed by atoms with Crippen LogP contribution in [0.4, 0.5) is 17.1 Å². The summed E-state index contributed by atoms with van der Waals surface area (Å²) in [6.07, 6.45) is 9.46. The molecule has 0 N–H and O–H groups in total. The van der Waals surface area contributed by atoms with Crippen LogP contribution in [-0.2, 0) is 10.8 Å². The van der Waals surface area contributed by atoms with Gasteiger partial charge in [-0.25, -0.2) is 0 Å². The zero-order chi connectivity index (χ0) is 36.7. The van der Waals surface area contributed by atoms with E-state index in [9.17, 15) is 0 Å². The van der Waals surface area contributed by atoms with Gasteiger partial charge in [0.25, 0.3) is 0 Å². The molecule has 0 fully saturated rings. The number of benzene rings is 7. The molecule has 9 rings (SSSR count). The van der Waals surface area contributed by atoms with E-state index in [0.29, 0.717) is 0 Å². The Bertz CT molecular complexity index is 2470. The molecule has 0 bridgehead atoms. The van der Waals surface area contributed by atoms with Gasteiger partial charge in [0.15, 0.2) is 0 Å². The first-order valence-electron chi connectivity index (χ1n) is 19.3. The van der Waals surface area contributed by atoms with E-state index in [1.54, 1.807) is 0 Å². The predicted octanol–water partition coefficient (Wildman–Crippen LogP) is 14.2. The van der Waals surface area contributed by atoms with Crippen molar-refractivity contribution >= 4 is 22.6 Å².